The van der Waals surface area contributed by atoms with Gasteiger partial charge in [0.05, 0.1) is 5.02 Å². The number of carbonyl (C=O) groups is 2. The minimum absolute atomic E-state index is 0.165. The molecule has 26 heavy (non-hydrogen) atoms. The third-order valence-electron chi connectivity index (χ3n) is 3.29. The molecule has 0 saturated carbocycles. The van der Waals surface area contributed by atoms with Crippen LogP contribution in [0.5, 0.6) is 0 Å². The number of hydrogen-bond donors (Lipinski definition) is 3. The summed E-state index contributed by atoms with van der Waals surface area (Å²) >= 11 is 5.91. The highest BCUT2D eigenvalue weighted by Gasteiger charge is 2.17. The zero-order valence-electron chi connectivity index (χ0n) is 13.5. The topological polar surface area (TPSA) is 105 Å². The van der Waals surface area contributed by atoms with Crippen molar-refractivity contribution in [3.05, 3.63) is 76.3 Å². The number of rotatable bonds is 7. The zero-order valence-corrected chi connectivity index (χ0v) is 14.2. The van der Waals surface area contributed by atoms with Gasteiger partial charge in [-0.3, -0.25) is 4.79 Å². The van der Waals surface area contributed by atoms with Crippen molar-refractivity contribution >= 4 is 35.3 Å². The van der Waals surface area contributed by atoms with E-state index in [9.17, 15) is 14.0 Å². The second-order valence-electron chi connectivity index (χ2n) is 5.08. The van der Waals surface area contributed by atoms with Crippen LogP contribution in [0.3, 0.4) is 0 Å². The van der Waals surface area contributed by atoms with Gasteiger partial charge in [-0.15, -0.1) is 0 Å². The summed E-state index contributed by atoms with van der Waals surface area (Å²) in [6.07, 6.45) is 0.703. The monoisotopic (exact) mass is 375 g/mol. The van der Waals surface area contributed by atoms with Gasteiger partial charge in [0.2, 0.25) is 5.78 Å². The van der Waals surface area contributed by atoms with Crippen LogP contribution in [0.15, 0.2) is 59.9 Å². The largest absolute Gasteiger partial charge is 0.454 e. The number of halogens is 2. The highest BCUT2D eigenvalue weighted by atomic mass is 35.5. The summed E-state index contributed by atoms with van der Waals surface area (Å²) in [6, 6.07) is 11.6. The van der Waals surface area contributed by atoms with Crippen molar-refractivity contribution in [1.82, 2.24) is 0 Å². The molecule has 0 aliphatic rings. The summed E-state index contributed by atoms with van der Waals surface area (Å²) in [6.45, 7) is -0.552. The van der Waals surface area contributed by atoms with Crippen LogP contribution in [0.1, 0.15) is 10.4 Å². The first-order chi connectivity index (χ1) is 12.4. The Bertz CT molecular complexity index is 866. The molecule has 0 atom stereocenters. The van der Waals surface area contributed by atoms with Crippen molar-refractivity contribution in [3.8, 4) is 0 Å². The molecule has 4 N–H and O–H groups in total. The maximum Gasteiger partial charge on any atom is 0.343 e. The number of carbonyl (C=O) groups excluding carboxylic acids is 2. The molecule has 2 aromatic rings. The summed E-state index contributed by atoms with van der Waals surface area (Å²) in [4.78, 5) is 24.1. The van der Waals surface area contributed by atoms with Crippen molar-refractivity contribution in [2.75, 3.05) is 11.9 Å². The predicted molar refractivity (Wildman–Crippen MR) is 96.8 cm³/mol. The van der Waals surface area contributed by atoms with Gasteiger partial charge >= 0.3 is 5.97 Å². The highest BCUT2D eigenvalue weighted by molar-refractivity contribution is 6.34. The summed E-state index contributed by atoms with van der Waals surface area (Å²) < 4.78 is 17.8. The van der Waals surface area contributed by atoms with E-state index in [0.717, 1.165) is 0 Å². The van der Waals surface area contributed by atoms with Crippen LogP contribution in [0, 0.1) is 11.2 Å². The van der Waals surface area contributed by atoms with E-state index >= 15 is 0 Å². The second kappa shape index (κ2) is 8.77. The first kappa shape index (κ1) is 19.1. The van der Waals surface area contributed by atoms with E-state index in [1.807, 2.05) is 0 Å². The van der Waals surface area contributed by atoms with Gasteiger partial charge in [0.15, 0.2) is 6.61 Å². The molecule has 0 fully saturated rings. The van der Waals surface area contributed by atoms with Gasteiger partial charge in [0, 0.05) is 17.5 Å². The maximum absolute atomic E-state index is 12.9. The van der Waals surface area contributed by atoms with E-state index in [1.165, 1.54) is 30.3 Å². The fourth-order valence-electron chi connectivity index (χ4n) is 1.98. The Balaban J connectivity index is 2.05. The van der Waals surface area contributed by atoms with Gasteiger partial charge in [-0.2, -0.15) is 0 Å². The lowest BCUT2D eigenvalue weighted by Gasteiger charge is -2.10. The molecule has 0 bridgehead atoms. The molecule has 0 aromatic heterocycles. The number of ketones is 1. The van der Waals surface area contributed by atoms with Gasteiger partial charge in [-0.25, -0.2) is 9.18 Å². The van der Waals surface area contributed by atoms with Gasteiger partial charge in [0.25, 0.3) is 0 Å². The number of ether oxygens (including phenoxy) is 1. The van der Waals surface area contributed by atoms with Gasteiger partial charge in [-0.05, 0) is 36.4 Å². The average molecular weight is 376 g/mol. The van der Waals surface area contributed by atoms with E-state index in [-0.39, 0.29) is 22.0 Å². The van der Waals surface area contributed by atoms with Crippen LogP contribution in [0.4, 0.5) is 10.1 Å². The number of Topliss-reactive ketones (excluding diaryl/α,β-unsaturated/α-hetero) is 1. The van der Waals surface area contributed by atoms with E-state index in [4.69, 9.17) is 27.5 Å². The molecule has 0 spiro atoms. The fourth-order valence-corrected chi connectivity index (χ4v) is 2.22. The van der Waals surface area contributed by atoms with Crippen LogP contribution in [-0.2, 0) is 9.53 Å². The number of hydrogen-bond acceptors (Lipinski definition) is 6. The Kier molecular flexibility index (Phi) is 6.46. The molecule has 0 radical (unpaired) electrons. The van der Waals surface area contributed by atoms with Crippen LogP contribution >= 0.6 is 11.6 Å². The first-order valence-electron chi connectivity index (χ1n) is 7.40. The zero-order chi connectivity index (χ0) is 19.1. The van der Waals surface area contributed by atoms with Crippen molar-refractivity contribution in [3.63, 3.8) is 0 Å². The van der Waals surface area contributed by atoms with Crippen LogP contribution in [0.2, 0.25) is 5.02 Å². The number of benzene rings is 2. The maximum atomic E-state index is 12.9. The Labute approximate surface area is 153 Å². The molecule has 0 unspecified atom stereocenters. The van der Waals surface area contributed by atoms with Gasteiger partial charge in [-0.1, -0.05) is 23.7 Å². The van der Waals surface area contributed by atoms with Crippen LogP contribution in [0.25, 0.3) is 0 Å². The fraction of sp³-hybridized carbons (Fsp3) is 0.0556. The van der Waals surface area contributed by atoms with E-state index < -0.39 is 24.2 Å². The molecule has 0 aliphatic carbocycles. The lowest BCUT2D eigenvalue weighted by Crippen LogP contribution is -2.22. The molecular formula is C18H15ClFN3O3. The molecule has 134 valence electrons. The smallest absolute Gasteiger partial charge is 0.343 e. The van der Waals surface area contributed by atoms with Gasteiger partial charge in [0.1, 0.15) is 17.2 Å². The Hall–Kier alpha value is -3.19. The molecule has 0 amide bonds. The molecule has 2 aromatic carbocycles. The third-order valence-corrected chi connectivity index (χ3v) is 3.62. The molecule has 8 heteroatoms. The van der Waals surface area contributed by atoms with E-state index in [2.05, 4.69) is 5.32 Å². The highest BCUT2D eigenvalue weighted by Crippen LogP contribution is 2.16. The normalized spacial score (nSPS) is 11.3. The lowest BCUT2D eigenvalue weighted by molar-refractivity contribution is -0.137. The minimum Gasteiger partial charge on any atom is -0.454 e. The van der Waals surface area contributed by atoms with E-state index in [1.54, 1.807) is 18.2 Å². The molecule has 0 aliphatic heterocycles. The van der Waals surface area contributed by atoms with Crippen molar-refractivity contribution in [2.45, 2.75) is 0 Å². The predicted octanol–water partition coefficient (Wildman–Crippen LogP) is 3.14. The van der Waals surface area contributed by atoms with Crippen LogP contribution in [-0.4, -0.2) is 24.6 Å². The summed E-state index contributed by atoms with van der Waals surface area (Å²) in [7, 11) is 0. The number of nitrogens with two attached hydrogens (primary N) is 1. The Morgan fingerprint density at radius 3 is 2.46 bits per heavy atom. The number of nitrogens with one attached hydrogen (secondary N) is 2. The summed E-state index contributed by atoms with van der Waals surface area (Å²) in [5, 5.41) is 10.2. The van der Waals surface area contributed by atoms with Crippen molar-refractivity contribution in [1.29, 1.82) is 5.41 Å². The van der Waals surface area contributed by atoms with Crippen molar-refractivity contribution < 1.29 is 18.7 Å². The van der Waals surface area contributed by atoms with E-state index in [0.29, 0.717) is 11.9 Å². The van der Waals surface area contributed by atoms with Crippen LogP contribution < -0.4 is 11.1 Å². The average Bonchev–Trinajstić information content (AvgIpc) is 2.62. The Morgan fingerprint density at radius 1 is 1.19 bits per heavy atom. The number of esters is 1. The molecule has 0 heterocycles. The molecule has 6 nitrogen and oxygen atoms in total. The Morgan fingerprint density at radius 2 is 1.85 bits per heavy atom. The summed E-state index contributed by atoms with van der Waals surface area (Å²) in [5.41, 5.74) is 6.12. The molecule has 2 rings (SSSR count). The summed E-state index contributed by atoms with van der Waals surface area (Å²) in [5.74, 6) is -2.03. The molecular weight excluding hydrogens is 361 g/mol. The third kappa shape index (κ3) is 4.90. The molecule has 0 saturated heterocycles. The SMILES string of the molecule is N=C/C(C(=O)OCC(=O)c1ccccc1Cl)=C(/N)Nc1ccc(F)cc1. The van der Waals surface area contributed by atoms with Gasteiger partial charge < -0.3 is 21.2 Å². The number of anilines is 1. The van der Waals surface area contributed by atoms with Crippen molar-refractivity contribution in [2.24, 2.45) is 5.73 Å². The standard InChI is InChI=1S/C18H15ClFN3O3/c19-15-4-2-1-3-13(15)16(24)10-26-18(25)14(9-21)17(22)23-12-7-5-11(20)6-8-12/h1-9,21,23H,10,22H2/b17-14+,21-9?. The first-order valence-corrected chi connectivity index (χ1v) is 7.78. The second-order valence-corrected chi connectivity index (χ2v) is 5.49. The minimum atomic E-state index is -0.951. The lowest BCUT2D eigenvalue weighted by atomic mass is 10.1. The quantitative estimate of drug-likeness (QED) is 0.298.